The molecular weight excluding hydrogens is 410 g/mol. The summed E-state index contributed by atoms with van der Waals surface area (Å²) in [5.41, 5.74) is 2.36. The minimum Gasteiger partial charge on any atom is -0.490 e. The second kappa shape index (κ2) is 9.11. The summed E-state index contributed by atoms with van der Waals surface area (Å²) in [7, 11) is -3.96. The average Bonchev–Trinajstić information content (AvgIpc) is 2.71. The first kappa shape index (κ1) is 20.9. The molecule has 0 fully saturated rings. The number of aliphatic imine (C=N–C) groups is 1. The first-order valence-electron chi connectivity index (χ1n) is 8.96. The maximum Gasteiger partial charge on any atom is 0.339 e. The van der Waals surface area contributed by atoms with Gasteiger partial charge >= 0.3 is 10.1 Å². The summed E-state index contributed by atoms with van der Waals surface area (Å²) in [6, 6.07) is 18.4. The SMILES string of the molecule is CCOc1cc(C=Nc2cccc(Cl)c2C)ccc1OS(=O)(=O)c1ccccc1. The van der Waals surface area contributed by atoms with Crippen molar-refractivity contribution in [2.24, 2.45) is 4.99 Å². The van der Waals surface area contributed by atoms with E-state index >= 15 is 0 Å². The molecule has 3 rings (SSSR count). The lowest BCUT2D eigenvalue weighted by atomic mass is 10.2. The Morgan fingerprint density at radius 1 is 1.00 bits per heavy atom. The number of nitrogens with zero attached hydrogens (tertiary/aromatic N) is 1. The number of ether oxygens (including phenoxy) is 1. The third-order valence-corrected chi connectivity index (χ3v) is 5.75. The molecule has 0 saturated heterocycles. The lowest BCUT2D eigenvalue weighted by molar-refractivity contribution is 0.327. The van der Waals surface area contributed by atoms with Crippen molar-refractivity contribution < 1.29 is 17.3 Å². The molecule has 0 amide bonds. The van der Waals surface area contributed by atoms with Crippen LogP contribution in [-0.2, 0) is 10.1 Å². The van der Waals surface area contributed by atoms with E-state index in [9.17, 15) is 8.42 Å². The molecule has 0 aromatic heterocycles. The van der Waals surface area contributed by atoms with Gasteiger partial charge in [-0.25, -0.2) is 0 Å². The molecular formula is C22H20ClNO4S. The zero-order valence-electron chi connectivity index (χ0n) is 16.0. The summed E-state index contributed by atoms with van der Waals surface area (Å²) < 4.78 is 35.9. The van der Waals surface area contributed by atoms with Gasteiger partial charge in [0.1, 0.15) is 4.90 Å². The van der Waals surface area contributed by atoms with Gasteiger partial charge in [-0.2, -0.15) is 8.42 Å². The predicted molar refractivity (Wildman–Crippen MR) is 115 cm³/mol. The van der Waals surface area contributed by atoms with Crippen LogP contribution in [0.1, 0.15) is 18.1 Å². The third-order valence-electron chi connectivity index (χ3n) is 4.09. The van der Waals surface area contributed by atoms with E-state index in [1.165, 1.54) is 12.1 Å². The van der Waals surface area contributed by atoms with Crippen molar-refractivity contribution in [3.63, 3.8) is 0 Å². The Kier molecular flexibility index (Phi) is 6.56. The van der Waals surface area contributed by atoms with E-state index < -0.39 is 10.1 Å². The van der Waals surface area contributed by atoms with Crippen molar-refractivity contribution >= 4 is 33.6 Å². The molecule has 29 heavy (non-hydrogen) atoms. The molecule has 3 aromatic carbocycles. The van der Waals surface area contributed by atoms with Crippen molar-refractivity contribution in [1.82, 2.24) is 0 Å². The highest BCUT2D eigenvalue weighted by molar-refractivity contribution is 7.87. The number of hydrogen-bond acceptors (Lipinski definition) is 5. The van der Waals surface area contributed by atoms with Gasteiger partial charge in [0.25, 0.3) is 0 Å². The summed E-state index contributed by atoms with van der Waals surface area (Å²) in [6.45, 7) is 4.06. The molecule has 0 saturated carbocycles. The van der Waals surface area contributed by atoms with Crippen LogP contribution in [0, 0.1) is 6.92 Å². The van der Waals surface area contributed by atoms with Gasteiger partial charge in [-0.15, -0.1) is 0 Å². The third kappa shape index (κ3) is 5.16. The first-order chi connectivity index (χ1) is 13.9. The molecule has 0 aliphatic carbocycles. The van der Waals surface area contributed by atoms with Crippen molar-refractivity contribution in [2.75, 3.05) is 6.61 Å². The Morgan fingerprint density at radius 3 is 2.48 bits per heavy atom. The zero-order valence-corrected chi connectivity index (χ0v) is 17.6. The van der Waals surface area contributed by atoms with Crippen LogP contribution in [-0.4, -0.2) is 21.2 Å². The fraction of sp³-hybridized carbons (Fsp3) is 0.136. The topological polar surface area (TPSA) is 65.0 Å². The maximum atomic E-state index is 12.5. The summed E-state index contributed by atoms with van der Waals surface area (Å²) in [6.07, 6.45) is 1.66. The summed E-state index contributed by atoms with van der Waals surface area (Å²) in [4.78, 5) is 4.54. The Bertz CT molecular complexity index is 1130. The van der Waals surface area contributed by atoms with Gasteiger partial charge in [0.05, 0.1) is 12.3 Å². The number of halogens is 1. The highest BCUT2D eigenvalue weighted by Gasteiger charge is 2.19. The van der Waals surface area contributed by atoms with Gasteiger partial charge < -0.3 is 8.92 Å². The second-order valence-corrected chi connectivity index (χ2v) is 8.09. The highest BCUT2D eigenvalue weighted by atomic mass is 35.5. The molecule has 0 aliphatic heterocycles. The van der Waals surface area contributed by atoms with E-state index in [0.29, 0.717) is 17.4 Å². The smallest absolute Gasteiger partial charge is 0.339 e. The normalized spacial score (nSPS) is 11.6. The van der Waals surface area contributed by atoms with Gasteiger partial charge in [-0.1, -0.05) is 35.9 Å². The number of hydrogen-bond donors (Lipinski definition) is 0. The highest BCUT2D eigenvalue weighted by Crippen LogP contribution is 2.31. The molecule has 0 N–H and O–H groups in total. The lowest BCUT2D eigenvalue weighted by Gasteiger charge is -2.12. The van der Waals surface area contributed by atoms with Gasteiger partial charge in [0.2, 0.25) is 0 Å². The van der Waals surface area contributed by atoms with Crippen LogP contribution in [0.4, 0.5) is 5.69 Å². The summed E-state index contributed by atoms with van der Waals surface area (Å²) >= 11 is 6.13. The van der Waals surface area contributed by atoms with Crippen LogP contribution < -0.4 is 8.92 Å². The number of rotatable bonds is 7. The van der Waals surface area contributed by atoms with Crippen molar-refractivity contribution in [3.8, 4) is 11.5 Å². The Hall–Kier alpha value is -2.83. The van der Waals surface area contributed by atoms with E-state index in [1.807, 2.05) is 32.0 Å². The van der Waals surface area contributed by atoms with Gasteiger partial charge in [-0.3, -0.25) is 4.99 Å². The van der Waals surface area contributed by atoms with E-state index in [4.69, 9.17) is 20.5 Å². The van der Waals surface area contributed by atoms with E-state index in [1.54, 1.807) is 42.6 Å². The molecule has 3 aromatic rings. The van der Waals surface area contributed by atoms with Crippen LogP contribution in [0.25, 0.3) is 0 Å². The Labute approximate surface area is 175 Å². The largest absolute Gasteiger partial charge is 0.490 e. The molecule has 0 bridgehead atoms. The van der Waals surface area contributed by atoms with Crippen LogP contribution >= 0.6 is 11.6 Å². The van der Waals surface area contributed by atoms with Crippen LogP contribution in [0.15, 0.2) is 76.6 Å². The van der Waals surface area contributed by atoms with Crippen LogP contribution in [0.3, 0.4) is 0 Å². The van der Waals surface area contributed by atoms with Crippen molar-refractivity contribution in [3.05, 3.63) is 82.9 Å². The van der Waals surface area contributed by atoms with Crippen molar-refractivity contribution in [2.45, 2.75) is 18.7 Å². The van der Waals surface area contributed by atoms with Crippen LogP contribution in [0.2, 0.25) is 5.02 Å². The number of benzene rings is 3. The minimum atomic E-state index is -3.96. The molecule has 0 atom stereocenters. The quantitative estimate of drug-likeness (QED) is 0.364. The summed E-state index contributed by atoms with van der Waals surface area (Å²) in [5, 5.41) is 0.643. The first-order valence-corrected chi connectivity index (χ1v) is 10.7. The van der Waals surface area contributed by atoms with Crippen molar-refractivity contribution in [1.29, 1.82) is 0 Å². The maximum absolute atomic E-state index is 12.5. The summed E-state index contributed by atoms with van der Waals surface area (Å²) in [5.74, 6) is 0.436. The second-order valence-electron chi connectivity index (χ2n) is 6.13. The average molecular weight is 430 g/mol. The fourth-order valence-corrected chi connectivity index (χ4v) is 3.71. The molecule has 150 valence electrons. The molecule has 0 heterocycles. The van der Waals surface area contributed by atoms with Crippen LogP contribution in [0.5, 0.6) is 11.5 Å². The molecule has 0 aliphatic rings. The van der Waals surface area contributed by atoms with E-state index in [0.717, 1.165) is 16.8 Å². The minimum absolute atomic E-state index is 0.0736. The standard InChI is InChI=1S/C22H20ClNO4S/c1-3-27-22-14-17(15-24-20-11-7-10-19(23)16(20)2)12-13-21(22)28-29(25,26)18-8-5-4-6-9-18/h4-15H,3H2,1-2H3. The van der Waals surface area contributed by atoms with E-state index in [-0.39, 0.29) is 10.6 Å². The van der Waals surface area contributed by atoms with Gasteiger partial charge in [0.15, 0.2) is 11.5 Å². The molecule has 7 heteroatoms. The lowest BCUT2D eigenvalue weighted by Crippen LogP contribution is -2.10. The zero-order chi connectivity index (χ0) is 20.9. The molecule has 5 nitrogen and oxygen atoms in total. The molecule has 0 spiro atoms. The Balaban J connectivity index is 1.89. The Morgan fingerprint density at radius 2 is 1.76 bits per heavy atom. The predicted octanol–water partition coefficient (Wildman–Crippen LogP) is 5.57. The molecule has 0 unspecified atom stereocenters. The monoisotopic (exact) mass is 429 g/mol. The van der Waals surface area contributed by atoms with Gasteiger partial charge in [0, 0.05) is 11.2 Å². The fourth-order valence-electron chi connectivity index (χ4n) is 2.58. The van der Waals surface area contributed by atoms with Gasteiger partial charge in [-0.05, 0) is 67.4 Å². The van der Waals surface area contributed by atoms with E-state index in [2.05, 4.69) is 4.99 Å². The molecule has 0 radical (unpaired) electrons.